The summed E-state index contributed by atoms with van der Waals surface area (Å²) in [4.78, 5) is 8.09. The Morgan fingerprint density at radius 2 is 1.36 bits per heavy atom. The van der Waals surface area contributed by atoms with Gasteiger partial charge in [-0.2, -0.15) is 0 Å². The molecule has 0 amide bonds. The second-order valence-corrected chi connectivity index (χ2v) is 9.00. The summed E-state index contributed by atoms with van der Waals surface area (Å²) >= 11 is 0. The van der Waals surface area contributed by atoms with Crippen LogP contribution >= 0.6 is 0 Å². The topological polar surface area (TPSA) is 15.6 Å². The molecule has 3 heterocycles. The molecule has 2 heteroatoms. The Hall–Kier alpha value is -1.93. The summed E-state index contributed by atoms with van der Waals surface area (Å²) in [5.74, 6) is 1.88. The van der Waals surface area contributed by atoms with Gasteiger partial charge in [0.1, 0.15) is 0 Å². The molecule has 3 aliphatic heterocycles. The van der Waals surface area contributed by atoms with Gasteiger partial charge in [0.05, 0.1) is 6.04 Å². The van der Waals surface area contributed by atoms with Crippen molar-refractivity contribution in [3.05, 3.63) is 71.8 Å². The quantitative estimate of drug-likeness (QED) is 0.629. The fourth-order valence-electron chi connectivity index (χ4n) is 5.91. The minimum atomic E-state index is 0.399. The Bertz CT molecular complexity index is 731. The molecule has 4 fully saturated rings. The van der Waals surface area contributed by atoms with E-state index in [1.165, 1.54) is 62.7 Å². The van der Waals surface area contributed by atoms with Gasteiger partial charge in [-0.15, -0.1) is 0 Å². The Morgan fingerprint density at radius 1 is 0.786 bits per heavy atom. The number of hydrogen-bond acceptors (Lipinski definition) is 2. The average molecular weight is 373 g/mol. The number of benzene rings is 2. The van der Waals surface area contributed by atoms with Gasteiger partial charge in [-0.3, -0.25) is 9.89 Å². The Kier molecular flexibility index (Phi) is 5.31. The number of rotatable bonds is 5. The summed E-state index contributed by atoms with van der Waals surface area (Å²) in [5, 5.41) is 0. The van der Waals surface area contributed by atoms with Crippen molar-refractivity contribution in [2.24, 2.45) is 16.8 Å². The number of aliphatic imine (C=N–C) groups is 1. The summed E-state index contributed by atoms with van der Waals surface area (Å²) in [5.41, 5.74) is 2.87. The maximum Gasteiger partial charge on any atom is 0.0689 e. The van der Waals surface area contributed by atoms with Crippen molar-refractivity contribution in [2.45, 2.75) is 56.5 Å². The molecule has 0 radical (unpaired) electrons. The molecule has 2 bridgehead atoms. The van der Waals surface area contributed by atoms with E-state index < -0.39 is 0 Å². The van der Waals surface area contributed by atoms with Crippen molar-refractivity contribution in [2.75, 3.05) is 13.1 Å². The molecule has 0 spiro atoms. The highest BCUT2D eigenvalue weighted by atomic mass is 15.2. The van der Waals surface area contributed by atoms with Crippen LogP contribution < -0.4 is 0 Å². The van der Waals surface area contributed by atoms with Crippen molar-refractivity contribution >= 4 is 6.21 Å². The van der Waals surface area contributed by atoms with E-state index in [1.54, 1.807) is 0 Å². The molecule has 2 aromatic rings. The number of piperidine rings is 3. The van der Waals surface area contributed by atoms with Gasteiger partial charge in [0.2, 0.25) is 0 Å². The smallest absolute Gasteiger partial charge is 0.0689 e. The van der Waals surface area contributed by atoms with Crippen LogP contribution in [0.4, 0.5) is 0 Å². The first kappa shape index (κ1) is 18.1. The predicted molar refractivity (Wildman–Crippen MR) is 117 cm³/mol. The number of hydrogen-bond donors (Lipinski definition) is 0. The largest absolute Gasteiger partial charge is 0.297 e. The zero-order valence-electron chi connectivity index (χ0n) is 16.8. The van der Waals surface area contributed by atoms with Gasteiger partial charge in [0, 0.05) is 18.2 Å². The van der Waals surface area contributed by atoms with Crippen LogP contribution in [0.2, 0.25) is 0 Å². The van der Waals surface area contributed by atoms with Crippen LogP contribution in [0.3, 0.4) is 0 Å². The van der Waals surface area contributed by atoms with Crippen molar-refractivity contribution in [3.8, 4) is 0 Å². The lowest BCUT2D eigenvalue weighted by atomic mass is 9.71. The molecule has 2 atom stereocenters. The zero-order valence-corrected chi connectivity index (χ0v) is 16.8. The van der Waals surface area contributed by atoms with Gasteiger partial charge < -0.3 is 0 Å². The second-order valence-electron chi connectivity index (χ2n) is 9.00. The fourth-order valence-corrected chi connectivity index (χ4v) is 5.91. The Labute approximate surface area is 169 Å². The van der Waals surface area contributed by atoms with Crippen molar-refractivity contribution < 1.29 is 0 Å². The van der Waals surface area contributed by atoms with E-state index in [2.05, 4.69) is 71.8 Å². The van der Waals surface area contributed by atoms with Gasteiger partial charge in [0.25, 0.3) is 0 Å². The van der Waals surface area contributed by atoms with Crippen LogP contribution in [0.1, 0.15) is 55.6 Å². The molecule has 4 aliphatic rings. The third-order valence-corrected chi connectivity index (χ3v) is 7.36. The van der Waals surface area contributed by atoms with Gasteiger partial charge >= 0.3 is 0 Å². The van der Waals surface area contributed by atoms with Gasteiger partial charge in [-0.05, 0) is 61.7 Å². The van der Waals surface area contributed by atoms with Gasteiger partial charge in [0.15, 0.2) is 0 Å². The van der Waals surface area contributed by atoms with E-state index in [0.717, 1.165) is 11.8 Å². The SMILES string of the molecule is C(=N/C1C2CCN(CC2)C1C(c1ccccc1)c1ccccc1)/C1CCCC1. The number of nitrogens with zero attached hydrogens (tertiary/aromatic N) is 2. The van der Waals surface area contributed by atoms with Crippen LogP contribution in [0, 0.1) is 11.8 Å². The molecule has 6 rings (SSSR count). The highest BCUT2D eigenvalue weighted by Crippen LogP contribution is 2.43. The molecule has 146 valence electrons. The van der Waals surface area contributed by atoms with E-state index in [-0.39, 0.29) is 0 Å². The molecular weight excluding hydrogens is 340 g/mol. The third kappa shape index (κ3) is 3.55. The second kappa shape index (κ2) is 8.21. The summed E-state index contributed by atoms with van der Waals surface area (Å²) in [6, 6.07) is 23.2. The van der Waals surface area contributed by atoms with Crippen LogP contribution in [0.5, 0.6) is 0 Å². The van der Waals surface area contributed by atoms with E-state index in [4.69, 9.17) is 4.99 Å². The van der Waals surface area contributed by atoms with Crippen LogP contribution in [-0.2, 0) is 0 Å². The van der Waals surface area contributed by atoms with Gasteiger partial charge in [-0.1, -0.05) is 73.5 Å². The van der Waals surface area contributed by atoms with E-state index >= 15 is 0 Å². The van der Waals surface area contributed by atoms with E-state index in [9.17, 15) is 0 Å². The highest BCUT2D eigenvalue weighted by molar-refractivity contribution is 5.61. The summed E-state index contributed by atoms with van der Waals surface area (Å²) in [6.45, 7) is 2.47. The van der Waals surface area contributed by atoms with Crippen molar-refractivity contribution in [1.29, 1.82) is 0 Å². The highest BCUT2D eigenvalue weighted by Gasteiger charge is 2.46. The maximum absolute atomic E-state index is 5.33. The normalized spacial score (nSPS) is 30.5. The van der Waals surface area contributed by atoms with E-state index in [0.29, 0.717) is 18.0 Å². The molecule has 2 unspecified atom stereocenters. The first-order valence-electron chi connectivity index (χ1n) is 11.3. The number of fused-ring (bicyclic) bond motifs is 3. The molecule has 0 aromatic heterocycles. The first-order chi connectivity index (χ1) is 13.9. The van der Waals surface area contributed by atoms with Crippen LogP contribution in [0.15, 0.2) is 65.7 Å². The lowest BCUT2D eigenvalue weighted by Gasteiger charge is -2.52. The summed E-state index contributed by atoms with van der Waals surface area (Å²) in [7, 11) is 0. The third-order valence-electron chi connectivity index (χ3n) is 7.36. The monoisotopic (exact) mass is 372 g/mol. The predicted octanol–water partition coefficient (Wildman–Crippen LogP) is 5.54. The molecule has 3 saturated heterocycles. The summed E-state index contributed by atoms with van der Waals surface area (Å²) < 4.78 is 0. The summed E-state index contributed by atoms with van der Waals surface area (Å²) in [6.07, 6.45) is 10.5. The van der Waals surface area contributed by atoms with Crippen molar-refractivity contribution in [1.82, 2.24) is 4.90 Å². The van der Waals surface area contributed by atoms with Gasteiger partial charge in [-0.25, -0.2) is 0 Å². The molecular formula is C26H32N2. The zero-order chi connectivity index (χ0) is 18.8. The Balaban J connectivity index is 1.53. The lowest BCUT2D eigenvalue weighted by Crippen LogP contribution is -2.59. The standard InChI is InChI=1S/C26H32N2/c1-3-11-21(12-4-1)24(22-13-5-2-6-14-22)26-25(23-15-17-28(26)18-16-23)27-19-20-9-7-8-10-20/h1-6,11-14,19-20,23-26H,7-10,15-18H2/b27-19-. The lowest BCUT2D eigenvalue weighted by molar-refractivity contribution is 0.0214. The molecule has 0 N–H and O–H groups in total. The fraction of sp³-hybridized carbons (Fsp3) is 0.500. The molecule has 2 aromatic carbocycles. The molecule has 1 saturated carbocycles. The molecule has 2 nitrogen and oxygen atoms in total. The molecule has 28 heavy (non-hydrogen) atoms. The average Bonchev–Trinajstić information content (AvgIpc) is 3.29. The minimum absolute atomic E-state index is 0.399. The Morgan fingerprint density at radius 3 is 1.93 bits per heavy atom. The van der Waals surface area contributed by atoms with Crippen LogP contribution in [-0.4, -0.2) is 36.3 Å². The minimum Gasteiger partial charge on any atom is -0.297 e. The van der Waals surface area contributed by atoms with E-state index in [1.807, 2.05) is 0 Å². The van der Waals surface area contributed by atoms with Crippen molar-refractivity contribution in [3.63, 3.8) is 0 Å². The van der Waals surface area contributed by atoms with Crippen LogP contribution in [0.25, 0.3) is 0 Å². The first-order valence-corrected chi connectivity index (χ1v) is 11.3. The molecule has 1 aliphatic carbocycles. The maximum atomic E-state index is 5.33.